The normalized spacial score (nSPS) is 11.3. The molecule has 0 fully saturated rings. The molecule has 182 valence electrons. The van der Waals surface area contributed by atoms with Crippen LogP contribution in [0.2, 0.25) is 5.02 Å². The molecule has 0 bridgehead atoms. The van der Waals surface area contributed by atoms with Gasteiger partial charge < -0.3 is 20.3 Å². The minimum atomic E-state index is -3.45. The lowest BCUT2D eigenvalue weighted by atomic mass is 10.2. The minimum Gasteiger partial charge on any atom is -0.493 e. The number of halogens is 1. The van der Waals surface area contributed by atoms with Crippen molar-refractivity contribution in [2.24, 2.45) is 0 Å². The highest BCUT2D eigenvalue weighted by atomic mass is 35.5. The van der Waals surface area contributed by atoms with Gasteiger partial charge in [0.25, 0.3) is 0 Å². The maximum Gasteiger partial charge on any atom is 0.229 e. The molecule has 2 aromatic carbocycles. The van der Waals surface area contributed by atoms with Crippen LogP contribution < -0.4 is 20.1 Å². The molecule has 0 atom stereocenters. The number of hydrogen-bond acceptors (Lipinski definition) is 8. The van der Waals surface area contributed by atoms with E-state index >= 15 is 0 Å². The highest BCUT2D eigenvalue weighted by Gasteiger charge is 2.11. The summed E-state index contributed by atoms with van der Waals surface area (Å²) in [5.74, 6) is 1.40. The molecule has 0 aliphatic carbocycles. The van der Waals surface area contributed by atoms with Crippen LogP contribution >= 0.6 is 11.6 Å². The Morgan fingerprint density at radius 2 is 1.85 bits per heavy atom. The van der Waals surface area contributed by atoms with Crippen molar-refractivity contribution >= 4 is 50.5 Å². The van der Waals surface area contributed by atoms with Crippen LogP contribution in [-0.2, 0) is 10.0 Å². The summed E-state index contributed by atoms with van der Waals surface area (Å²) in [6.45, 7) is 4.74. The van der Waals surface area contributed by atoms with Crippen molar-refractivity contribution < 1.29 is 13.2 Å². The summed E-state index contributed by atoms with van der Waals surface area (Å²) in [6.07, 6.45) is 3.49. The molecule has 3 aromatic rings. The zero-order chi connectivity index (χ0) is 24.6. The van der Waals surface area contributed by atoms with Crippen LogP contribution in [0.3, 0.4) is 0 Å². The van der Waals surface area contributed by atoms with Gasteiger partial charge in [0.05, 0.1) is 30.4 Å². The molecule has 11 heteroatoms. The van der Waals surface area contributed by atoms with Crippen molar-refractivity contribution in [2.45, 2.75) is 13.3 Å². The third-order valence-corrected chi connectivity index (χ3v) is 5.67. The summed E-state index contributed by atoms with van der Waals surface area (Å²) in [5, 5.41) is 6.50. The molecule has 0 aliphatic rings. The van der Waals surface area contributed by atoms with Gasteiger partial charge in [0.15, 0.2) is 5.82 Å². The van der Waals surface area contributed by atoms with Crippen molar-refractivity contribution in [1.29, 1.82) is 0 Å². The maximum absolute atomic E-state index is 11.7. The van der Waals surface area contributed by atoms with E-state index in [2.05, 4.69) is 44.2 Å². The van der Waals surface area contributed by atoms with E-state index in [1.54, 1.807) is 24.3 Å². The van der Waals surface area contributed by atoms with Crippen molar-refractivity contribution in [3.8, 4) is 5.75 Å². The quantitative estimate of drug-likeness (QED) is 0.304. The van der Waals surface area contributed by atoms with E-state index in [-0.39, 0.29) is 5.02 Å². The molecule has 0 radical (unpaired) electrons. The summed E-state index contributed by atoms with van der Waals surface area (Å²) in [4.78, 5) is 10.9. The Morgan fingerprint density at radius 3 is 2.59 bits per heavy atom. The Morgan fingerprint density at radius 1 is 1.09 bits per heavy atom. The Labute approximate surface area is 205 Å². The molecular weight excluding hydrogens is 476 g/mol. The molecule has 0 spiro atoms. The van der Waals surface area contributed by atoms with Crippen LogP contribution in [0.15, 0.2) is 54.7 Å². The van der Waals surface area contributed by atoms with E-state index in [0.29, 0.717) is 29.7 Å². The van der Waals surface area contributed by atoms with E-state index < -0.39 is 10.0 Å². The Kier molecular flexibility index (Phi) is 8.91. The highest BCUT2D eigenvalue weighted by molar-refractivity contribution is 7.92. The van der Waals surface area contributed by atoms with Gasteiger partial charge in [-0.1, -0.05) is 36.7 Å². The lowest BCUT2D eigenvalue weighted by Crippen LogP contribution is -2.20. The van der Waals surface area contributed by atoms with Crippen LogP contribution in [-0.4, -0.2) is 56.3 Å². The third kappa shape index (κ3) is 8.05. The van der Waals surface area contributed by atoms with Gasteiger partial charge in [0.1, 0.15) is 10.8 Å². The molecule has 0 saturated carbocycles. The van der Waals surface area contributed by atoms with Crippen LogP contribution in [0.4, 0.5) is 28.8 Å². The molecule has 9 nitrogen and oxygen atoms in total. The first-order valence-electron chi connectivity index (χ1n) is 10.8. The van der Waals surface area contributed by atoms with Crippen molar-refractivity contribution in [2.75, 3.05) is 48.4 Å². The molecule has 34 heavy (non-hydrogen) atoms. The SMILES string of the molecule is CCN(C)CCCOc1cccc(Nc2ncc(Cl)c(Nc3ccccc3NS(C)(=O)=O)n2)c1. The van der Waals surface area contributed by atoms with Crippen molar-refractivity contribution in [3.05, 3.63) is 59.8 Å². The molecular formula is C23H29ClN6O3S. The fourth-order valence-electron chi connectivity index (χ4n) is 3.00. The van der Waals surface area contributed by atoms with Gasteiger partial charge in [-0.15, -0.1) is 0 Å². The van der Waals surface area contributed by atoms with E-state index in [1.165, 1.54) is 6.20 Å². The van der Waals surface area contributed by atoms with Gasteiger partial charge in [0.2, 0.25) is 16.0 Å². The van der Waals surface area contributed by atoms with E-state index in [9.17, 15) is 8.42 Å². The number of aromatic nitrogens is 2. The van der Waals surface area contributed by atoms with Crippen LogP contribution in [0, 0.1) is 0 Å². The third-order valence-electron chi connectivity index (χ3n) is 4.80. The van der Waals surface area contributed by atoms with Gasteiger partial charge >= 0.3 is 0 Å². The number of anilines is 5. The standard InChI is InChI=1S/C23H29ClN6O3S/c1-4-30(2)13-8-14-33-18-10-7-9-17(15-18)26-23-25-16-19(24)22(28-23)27-20-11-5-6-12-21(20)29-34(3,31)32/h5-7,9-12,15-16,29H,4,8,13-14H2,1-3H3,(H2,25,26,27,28). The number of rotatable bonds is 12. The largest absolute Gasteiger partial charge is 0.493 e. The van der Waals surface area contributed by atoms with E-state index in [4.69, 9.17) is 16.3 Å². The van der Waals surface area contributed by atoms with Crippen LogP contribution in [0.1, 0.15) is 13.3 Å². The zero-order valence-corrected chi connectivity index (χ0v) is 20.9. The minimum absolute atomic E-state index is 0.286. The number of sulfonamides is 1. The fourth-order valence-corrected chi connectivity index (χ4v) is 3.71. The molecule has 1 heterocycles. The second-order valence-corrected chi connectivity index (χ2v) is 9.84. The maximum atomic E-state index is 11.7. The summed E-state index contributed by atoms with van der Waals surface area (Å²) in [7, 11) is -1.37. The number of benzene rings is 2. The molecule has 3 rings (SSSR count). The number of para-hydroxylation sites is 2. The van der Waals surface area contributed by atoms with Crippen LogP contribution in [0.25, 0.3) is 0 Å². The fraction of sp³-hybridized carbons (Fsp3) is 0.304. The molecule has 0 aliphatic heterocycles. The van der Waals surface area contributed by atoms with Crippen molar-refractivity contribution in [3.63, 3.8) is 0 Å². The zero-order valence-electron chi connectivity index (χ0n) is 19.4. The molecule has 1 aromatic heterocycles. The summed E-state index contributed by atoms with van der Waals surface area (Å²) in [6, 6.07) is 14.4. The predicted octanol–water partition coefficient (Wildman–Crippen LogP) is 4.71. The molecule has 0 unspecified atom stereocenters. The van der Waals surface area contributed by atoms with Gasteiger partial charge in [0, 0.05) is 18.3 Å². The first-order chi connectivity index (χ1) is 16.2. The van der Waals surface area contributed by atoms with Gasteiger partial charge in [-0.05, 0) is 44.3 Å². The number of nitrogens with zero attached hydrogens (tertiary/aromatic N) is 3. The number of ether oxygens (including phenoxy) is 1. The lowest BCUT2D eigenvalue weighted by Gasteiger charge is -2.15. The van der Waals surface area contributed by atoms with Gasteiger partial charge in [-0.3, -0.25) is 4.72 Å². The second-order valence-electron chi connectivity index (χ2n) is 7.69. The predicted molar refractivity (Wildman–Crippen MR) is 138 cm³/mol. The highest BCUT2D eigenvalue weighted by Crippen LogP contribution is 2.30. The smallest absolute Gasteiger partial charge is 0.229 e. The molecule has 0 saturated heterocycles. The Hall–Kier alpha value is -3.08. The summed E-state index contributed by atoms with van der Waals surface area (Å²) in [5.41, 5.74) is 1.64. The Balaban J connectivity index is 1.69. The first-order valence-corrected chi connectivity index (χ1v) is 13.1. The van der Waals surface area contributed by atoms with Crippen LogP contribution in [0.5, 0.6) is 5.75 Å². The average Bonchev–Trinajstić information content (AvgIpc) is 2.79. The molecule has 3 N–H and O–H groups in total. The monoisotopic (exact) mass is 504 g/mol. The van der Waals surface area contributed by atoms with Gasteiger partial charge in [-0.25, -0.2) is 13.4 Å². The van der Waals surface area contributed by atoms with E-state index in [1.807, 2.05) is 24.3 Å². The second kappa shape index (κ2) is 11.9. The number of nitrogens with one attached hydrogen (secondary N) is 3. The first kappa shape index (κ1) is 25.5. The van der Waals surface area contributed by atoms with Crippen molar-refractivity contribution in [1.82, 2.24) is 14.9 Å². The number of hydrogen-bond donors (Lipinski definition) is 3. The van der Waals surface area contributed by atoms with E-state index in [0.717, 1.165) is 37.2 Å². The van der Waals surface area contributed by atoms with Gasteiger partial charge in [-0.2, -0.15) is 4.98 Å². The average molecular weight is 505 g/mol. The topological polar surface area (TPSA) is 108 Å². The Bertz CT molecular complexity index is 1210. The summed E-state index contributed by atoms with van der Waals surface area (Å²) < 4.78 is 31.7. The summed E-state index contributed by atoms with van der Waals surface area (Å²) >= 11 is 6.29. The lowest BCUT2D eigenvalue weighted by molar-refractivity contribution is 0.268. The molecule has 0 amide bonds.